The molecule has 0 aromatic rings. The van der Waals surface area contributed by atoms with Crippen molar-refractivity contribution >= 4 is 43.0 Å². The Morgan fingerprint density at radius 3 is 3.00 bits per heavy atom. The number of amides is 1. The summed E-state index contributed by atoms with van der Waals surface area (Å²) < 4.78 is 7.34. The number of rotatable bonds is 4. The number of halogens is 1. The second kappa shape index (κ2) is 5.85. The van der Waals surface area contributed by atoms with E-state index >= 15 is 0 Å². The van der Waals surface area contributed by atoms with Crippen LogP contribution in [0.4, 0.5) is 4.79 Å². The average molecular weight is 321 g/mol. The van der Waals surface area contributed by atoms with E-state index < -0.39 is 21.7 Å². The summed E-state index contributed by atoms with van der Waals surface area (Å²) in [5.41, 5.74) is 0. The number of alkyl halides is 1. The monoisotopic (exact) mass is 321 g/mol. The van der Waals surface area contributed by atoms with E-state index in [1.165, 1.54) is 0 Å². The van der Waals surface area contributed by atoms with Crippen LogP contribution in [0.3, 0.4) is 0 Å². The number of hydrogen-bond donors (Lipinski definition) is 0. The Morgan fingerprint density at radius 2 is 2.43 bits per heavy atom. The molecule has 14 heavy (non-hydrogen) atoms. The second-order valence-electron chi connectivity index (χ2n) is 3.08. The maximum absolute atomic E-state index is 11.5. The third kappa shape index (κ3) is 2.79. The molecule has 0 aliphatic carbocycles. The minimum absolute atomic E-state index is 0.0829. The van der Waals surface area contributed by atoms with Crippen LogP contribution in [0, 0.1) is 0 Å². The van der Waals surface area contributed by atoms with Crippen LogP contribution in [-0.4, -0.2) is 53.3 Å². The Bertz CT molecular complexity index is 237. The van der Waals surface area contributed by atoms with Crippen molar-refractivity contribution in [3.05, 3.63) is 0 Å². The van der Waals surface area contributed by atoms with E-state index in [1.54, 1.807) is 9.81 Å². The predicted octanol–water partition coefficient (Wildman–Crippen LogP) is 1.19. The third-order valence-corrected chi connectivity index (χ3v) is 10.5. The molecule has 0 aromatic heterocycles. The van der Waals surface area contributed by atoms with Gasteiger partial charge in [0.05, 0.1) is 0 Å². The standard InChI is InChI=1S/C5H9ClNO.C3H5O2.In/c1-2-5(8)7-4-3-6;1-2-5-3-4;/h1-4H2,(H,7,8);2H2,1H3;/q;;+1/p-1. The van der Waals surface area contributed by atoms with Crippen molar-refractivity contribution in [1.82, 2.24) is 2.89 Å². The van der Waals surface area contributed by atoms with E-state index in [0.29, 0.717) is 25.5 Å². The predicted molar refractivity (Wildman–Crippen MR) is 54.6 cm³/mol. The van der Waals surface area contributed by atoms with Gasteiger partial charge in [0.1, 0.15) is 0 Å². The Labute approximate surface area is 96.5 Å². The fourth-order valence-corrected chi connectivity index (χ4v) is 9.66. The summed E-state index contributed by atoms with van der Waals surface area (Å²) in [5.74, 6) is 0.484. The average Bonchev–Trinajstić information content (AvgIpc) is 2.50. The zero-order valence-corrected chi connectivity index (χ0v) is 12.2. The molecule has 0 spiro atoms. The quantitative estimate of drug-likeness (QED) is 0.731. The SMILES string of the molecule is CCO[C](=O)[In]1[CH2]CC(=O)[N]1CCCl. The van der Waals surface area contributed by atoms with Crippen molar-refractivity contribution in [1.29, 1.82) is 0 Å². The molecule has 1 fully saturated rings. The van der Waals surface area contributed by atoms with Crippen LogP contribution in [0.25, 0.3) is 0 Å². The molecule has 1 amide bonds. The summed E-state index contributed by atoms with van der Waals surface area (Å²) in [4.78, 5) is 22.9. The van der Waals surface area contributed by atoms with Crippen molar-refractivity contribution in [3.8, 4) is 0 Å². The van der Waals surface area contributed by atoms with E-state index in [9.17, 15) is 9.59 Å². The van der Waals surface area contributed by atoms with Crippen molar-refractivity contribution in [2.75, 3.05) is 19.0 Å². The van der Waals surface area contributed by atoms with E-state index in [-0.39, 0.29) is 9.63 Å². The maximum atomic E-state index is 11.5. The van der Waals surface area contributed by atoms with Crippen LogP contribution in [0.1, 0.15) is 13.3 Å². The number of hydrogen-bond acceptors (Lipinski definition) is 3. The fourth-order valence-electron chi connectivity index (χ4n) is 1.59. The minimum atomic E-state index is -2.58. The van der Waals surface area contributed by atoms with Crippen LogP contribution in [0.2, 0.25) is 4.18 Å². The van der Waals surface area contributed by atoms with E-state index in [0.717, 1.165) is 4.18 Å². The third-order valence-electron chi connectivity index (χ3n) is 2.21. The summed E-state index contributed by atoms with van der Waals surface area (Å²) in [6, 6.07) is 0. The van der Waals surface area contributed by atoms with Crippen molar-refractivity contribution in [2.24, 2.45) is 0 Å². The number of carbonyl (C=O) groups excluding carboxylic acids is 2. The zero-order chi connectivity index (χ0) is 10.6. The molecule has 0 N–H and O–H groups in total. The Balaban J connectivity index is 2.59. The van der Waals surface area contributed by atoms with Crippen molar-refractivity contribution < 1.29 is 14.3 Å². The van der Waals surface area contributed by atoms with E-state index in [1.807, 2.05) is 0 Å². The number of carbonyl (C=O) groups is 2. The number of nitrogens with zero attached hydrogens (tertiary/aromatic N) is 1. The van der Waals surface area contributed by atoms with Crippen LogP contribution < -0.4 is 0 Å². The van der Waals surface area contributed by atoms with Gasteiger partial charge in [0, 0.05) is 0 Å². The molecular formula is C8H13ClInNO3. The Hall–Kier alpha value is 0.100. The zero-order valence-electron chi connectivity index (χ0n) is 8.16. The Kier molecular flexibility index (Phi) is 5.09. The van der Waals surface area contributed by atoms with Gasteiger partial charge in [0.15, 0.2) is 0 Å². The van der Waals surface area contributed by atoms with Gasteiger partial charge >= 0.3 is 96.7 Å². The molecule has 1 saturated heterocycles. The summed E-state index contributed by atoms with van der Waals surface area (Å²) in [6.45, 7) is 2.70. The molecule has 1 aliphatic rings. The fraction of sp³-hybridized carbons (Fsp3) is 0.750. The molecule has 1 aliphatic heterocycles. The molecule has 1 heterocycles. The molecule has 0 unspecified atom stereocenters. The van der Waals surface area contributed by atoms with E-state index in [4.69, 9.17) is 16.3 Å². The first-order valence-electron chi connectivity index (χ1n) is 4.72. The van der Waals surface area contributed by atoms with Gasteiger partial charge in [-0.3, -0.25) is 0 Å². The van der Waals surface area contributed by atoms with Gasteiger partial charge in [0.2, 0.25) is 0 Å². The number of ether oxygens (including phenoxy) is 1. The van der Waals surface area contributed by atoms with E-state index in [2.05, 4.69) is 0 Å². The molecule has 0 bridgehead atoms. The molecule has 4 nitrogen and oxygen atoms in total. The first-order chi connectivity index (χ1) is 6.70. The normalized spacial score (nSPS) is 16.3. The van der Waals surface area contributed by atoms with Gasteiger partial charge in [0.25, 0.3) is 0 Å². The summed E-state index contributed by atoms with van der Waals surface area (Å²) in [5, 5.41) is 0. The van der Waals surface area contributed by atoms with Crippen molar-refractivity contribution in [3.63, 3.8) is 0 Å². The molecule has 0 atom stereocenters. The molecule has 78 valence electrons. The Morgan fingerprint density at radius 1 is 1.71 bits per heavy atom. The first-order valence-corrected chi connectivity index (χ1v) is 10.7. The molecule has 0 saturated carbocycles. The topological polar surface area (TPSA) is 46.6 Å². The van der Waals surface area contributed by atoms with Crippen LogP contribution in [0.5, 0.6) is 0 Å². The molecular weight excluding hydrogens is 308 g/mol. The van der Waals surface area contributed by atoms with Crippen molar-refractivity contribution in [2.45, 2.75) is 17.5 Å². The molecule has 0 aromatic carbocycles. The van der Waals surface area contributed by atoms with Gasteiger partial charge < -0.3 is 0 Å². The van der Waals surface area contributed by atoms with Gasteiger partial charge in [-0.2, -0.15) is 0 Å². The van der Waals surface area contributed by atoms with Gasteiger partial charge in [-0.1, -0.05) is 0 Å². The first kappa shape index (κ1) is 12.2. The van der Waals surface area contributed by atoms with Gasteiger partial charge in [-0.05, 0) is 0 Å². The van der Waals surface area contributed by atoms with Crippen LogP contribution in [0.15, 0.2) is 0 Å². The summed E-state index contributed by atoms with van der Waals surface area (Å²) in [6.07, 6.45) is 0.510. The molecule has 0 radical (unpaired) electrons. The summed E-state index contributed by atoms with van der Waals surface area (Å²) >= 11 is 3.00. The summed E-state index contributed by atoms with van der Waals surface area (Å²) in [7, 11) is 0. The molecule has 1 rings (SSSR count). The van der Waals surface area contributed by atoms with Crippen LogP contribution in [-0.2, 0) is 9.53 Å². The second-order valence-corrected chi connectivity index (χ2v) is 11.2. The van der Waals surface area contributed by atoms with Gasteiger partial charge in [-0.25, -0.2) is 0 Å². The van der Waals surface area contributed by atoms with Crippen LogP contribution >= 0.6 is 11.6 Å². The van der Waals surface area contributed by atoms with Gasteiger partial charge in [-0.15, -0.1) is 0 Å². The molecule has 6 heteroatoms.